The Bertz CT molecular complexity index is 1230. The number of nitrogens with zero attached hydrogens (tertiary/aromatic N) is 4. The highest BCUT2D eigenvalue weighted by atomic mass is 16.7. The number of hydrogen-bond donors (Lipinski definition) is 2. The highest BCUT2D eigenvalue weighted by Crippen LogP contribution is 2.42. The number of Topliss-reactive ketones (excluding diaryl/α,β-unsaturated/α-hetero) is 1. The molecule has 2 aromatic rings. The molecule has 210 valence electrons. The number of likely N-dealkylation sites (N-methyl/N-ethyl adjacent to an activating group) is 1. The molecule has 11 heteroatoms. The molecule has 3 heterocycles. The molecule has 3 atom stereocenters. The predicted molar refractivity (Wildman–Crippen MR) is 144 cm³/mol. The van der Waals surface area contributed by atoms with Crippen LogP contribution in [0, 0.1) is 5.92 Å². The molecule has 0 bridgehead atoms. The number of likely N-dealkylation sites (tertiary alicyclic amines) is 1. The second kappa shape index (κ2) is 12.0. The summed E-state index contributed by atoms with van der Waals surface area (Å²) in [6.45, 7) is 5.82. The summed E-state index contributed by atoms with van der Waals surface area (Å²) >= 11 is 0. The first-order valence-electron chi connectivity index (χ1n) is 13.8. The summed E-state index contributed by atoms with van der Waals surface area (Å²) in [4.78, 5) is 40.4. The third kappa shape index (κ3) is 5.37. The molecular formula is C27H42N6O5. The van der Waals surface area contributed by atoms with Crippen LogP contribution in [-0.4, -0.2) is 75.9 Å². The summed E-state index contributed by atoms with van der Waals surface area (Å²) in [5.41, 5.74) is 8.04. The lowest BCUT2D eigenvalue weighted by molar-refractivity contribution is -0.258. The number of methoxy groups -OCH3 is 1. The van der Waals surface area contributed by atoms with Gasteiger partial charge in [-0.3, -0.25) is 14.3 Å². The van der Waals surface area contributed by atoms with Crippen molar-refractivity contribution in [1.82, 2.24) is 24.4 Å². The van der Waals surface area contributed by atoms with Gasteiger partial charge < -0.3 is 24.8 Å². The second-order valence-electron chi connectivity index (χ2n) is 10.4. The number of carbonyl (C=O) groups excluding carboxylic acids is 1. The van der Waals surface area contributed by atoms with E-state index in [1.165, 1.54) is 4.57 Å². The van der Waals surface area contributed by atoms with Crippen molar-refractivity contribution in [2.45, 2.75) is 77.0 Å². The minimum Gasteiger partial charge on any atom is -0.474 e. The highest BCUT2D eigenvalue weighted by Gasteiger charge is 2.44. The molecule has 2 aromatic heterocycles. The van der Waals surface area contributed by atoms with Gasteiger partial charge in [-0.15, -0.1) is 0 Å². The van der Waals surface area contributed by atoms with Crippen LogP contribution in [0.3, 0.4) is 0 Å². The number of allylic oxidation sites excluding steroid dienone is 1. The van der Waals surface area contributed by atoms with Gasteiger partial charge in [-0.1, -0.05) is 19.8 Å². The van der Waals surface area contributed by atoms with Crippen LogP contribution in [0.5, 0.6) is 5.88 Å². The monoisotopic (exact) mass is 530 g/mol. The number of aryl methyl sites for hydroxylation is 1. The second-order valence-corrected chi connectivity index (χ2v) is 10.4. The van der Waals surface area contributed by atoms with E-state index in [0.717, 1.165) is 38.6 Å². The van der Waals surface area contributed by atoms with E-state index < -0.39 is 5.79 Å². The lowest BCUT2D eigenvalue weighted by atomic mass is 9.78. The number of H-pyrrole nitrogens is 1. The van der Waals surface area contributed by atoms with Crippen LogP contribution < -0.4 is 16.2 Å². The van der Waals surface area contributed by atoms with E-state index in [9.17, 15) is 9.59 Å². The number of fused-ring (bicyclic) bond motifs is 1. The Hall–Kier alpha value is -2.76. The van der Waals surface area contributed by atoms with E-state index >= 15 is 0 Å². The maximum atomic E-state index is 14.0. The van der Waals surface area contributed by atoms with Crippen LogP contribution in [0.1, 0.15) is 75.8 Å². The van der Waals surface area contributed by atoms with Crippen molar-refractivity contribution in [2.24, 2.45) is 18.7 Å². The SMILES string of the molecule is CCC/C(C(=O)c1nc(OC[C@@H]2CCCN2C)c2c(n1)[nH]c(=O)n2C)=C(/N)C1CCCCC1(OC)OCC. The molecule has 2 unspecified atom stereocenters. The Balaban J connectivity index is 1.75. The van der Waals surface area contributed by atoms with Crippen LogP contribution in [0.4, 0.5) is 0 Å². The standard InChI is InChI=1S/C27H42N6O5/c1-6-11-18(20(28)19-13-8-9-14-27(19,36-5)38-7-2)22(34)24-29-23-21(33(4)26(35)31-23)25(30-24)37-16-17-12-10-15-32(17)3/h17,19H,6-16,28H2,1-5H3,(H,29,30,31,35)/b20-18-/t17-,19?,27?/m0/s1. The molecule has 0 aromatic carbocycles. The normalized spacial score (nSPS) is 25.1. The molecule has 4 rings (SSSR count). The van der Waals surface area contributed by atoms with Crippen LogP contribution in [0.2, 0.25) is 0 Å². The van der Waals surface area contributed by atoms with Crippen molar-refractivity contribution in [3.63, 3.8) is 0 Å². The Labute approximate surface area is 223 Å². The number of ketones is 1. The van der Waals surface area contributed by atoms with E-state index in [2.05, 4.69) is 26.9 Å². The number of aromatic amines is 1. The fraction of sp³-hybridized carbons (Fsp3) is 0.704. The molecule has 1 aliphatic carbocycles. The van der Waals surface area contributed by atoms with Crippen LogP contribution in [0.15, 0.2) is 16.1 Å². The van der Waals surface area contributed by atoms with Gasteiger partial charge in [-0.2, -0.15) is 4.98 Å². The Morgan fingerprint density at radius 2 is 1.97 bits per heavy atom. The smallest absolute Gasteiger partial charge is 0.327 e. The van der Waals surface area contributed by atoms with Crippen molar-refractivity contribution in [1.29, 1.82) is 0 Å². The first-order valence-corrected chi connectivity index (χ1v) is 13.8. The Morgan fingerprint density at radius 3 is 2.63 bits per heavy atom. The van der Waals surface area contributed by atoms with Gasteiger partial charge in [-0.05, 0) is 52.6 Å². The first-order chi connectivity index (χ1) is 18.3. The molecule has 0 amide bonds. The first kappa shape index (κ1) is 28.3. The summed E-state index contributed by atoms with van der Waals surface area (Å²) in [5.74, 6) is -1.33. The largest absolute Gasteiger partial charge is 0.474 e. The third-order valence-corrected chi connectivity index (χ3v) is 8.04. The van der Waals surface area contributed by atoms with Crippen LogP contribution >= 0.6 is 0 Å². The molecule has 2 fully saturated rings. The number of ether oxygens (including phenoxy) is 3. The average Bonchev–Trinajstić information content (AvgIpc) is 3.46. The van der Waals surface area contributed by atoms with E-state index in [-0.39, 0.29) is 40.8 Å². The molecule has 3 N–H and O–H groups in total. The van der Waals surface area contributed by atoms with Crippen molar-refractivity contribution < 1.29 is 19.0 Å². The molecule has 1 aliphatic heterocycles. The molecule has 0 spiro atoms. The molecule has 0 radical (unpaired) electrons. The number of rotatable bonds is 11. The predicted octanol–water partition coefficient (Wildman–Crippen LogP) is 2.89. The molecule has 2 aliphatic rings. The van der Waals surface area contributed by atoms with Crippen molar-refractivity contribution in [3.05, 3.63) is 27.6 Å². The number of hydrogen-bond acceptors (Lipinski definition) is 9. The lowest BCUT2D eigenvalue weighted by Crippen LogP contribution is -2.48. The van der Waals surface area contributed by atoms with Gasteiger partial charge in [-0.25, -0.2) is 9.78 Å². The molecule has 1 saturated carbocycles. The van der Waals surface area contributed by atoms with E-state index in [1.54, 1.807) is 14.2 Å². The maximum Gasteiger partial charge on any atom is 0.327 e. The molecule has 38 heavy (non-hydrogen) atoms. The van der Waals surface area contributed by atoms with Crippen molar-refractivity contribution in [2.75, 3.05) is 33.9 Å². The van der Waals surface area contributed by atoms with Gasteiger partial charge in [0.25, 0.3) is 0 Å². The Kier molecular flexibility index (Phi) is 8.89. The fourth-order valence-electron chi connectivity index (χ4n) is 5.89. The van der Waals surface area contributed by atoms with E-state index in [0.29, 0.717) is 49.3 Å². The summed E-state index contributed by atoms with van der Waals surface area (Å²) in [7, 11) is 5.33. The number of carbonyl (C=O) groups is 1. The van der Waals surface area contributed by atoms with Crippen molar-refractivity contribution >= 4 is 16.9 Å². The minimum absolute atomic E-state index is 0.0456. The zero-order chi connectivity index (χ0) is 27.4. The van der Waals surface area contributed by atoms with E-state index in [1.807, 2.05) is 13.8 Å². The van der Waals surface area contributed by atoms with Gasteiger partial charge in [0.1, 0.15) is 6.61 Å². The quantitative estimate of drug-likeness (QED) is 0.255. The Morgan fingerprint density at radius 1 is 1.18 bits per heavy atom. The summed E-state index contributed by atoms with van der Waals surface area (Å²) in [6.07, 6.45) is 6.70. The molecule has 11 nitrogen and oxygen atoms in total. The number of aromatic nitrogens is 4. The molecule has 1 saturated heterocycles. The summed E-state index contributed by atoms with van der Waals surface area (Å²) < 4.78 is 19.6. The topological polar surface area (TPSA) is 138 Å². The third-order valence-electron chi connectivity index (χ3n) is 8.04. The van der Waals surface area contributed by atoms with Crippen molar-refractivity contribution in [3.8, 4) is 5.88 Å². The van der Waals surface area contributed by atoms with Gasteiger partial charge >= 0.3 is 5.69 Å². The number of nitrogens with one attached hydrogen (secondary N) is 1. The fourth-order valence-corrected chi connectivity index (χ4v) is 5.89. The highest BCUT2D eigenvalue weighted by molar-refractivity contribution is 6.07. The maximum absolute atomic E-state index is 14.0. The van der Waals surface area contributed by atoms with Gasteiger partial charge in [0.15, 0.2) is 17.0 Å². The number of nitrogens with two attached hydrogens (primary N) is 1. The van der Waals surface area contributed by atoms with Gasteiger partial charge in [0.2, 0.25) is 17.5 Å². The van der Waals surface area contributed by atoms with Crippen LogP contribution in [-0.2, 0) is 16.5 Å². The molecular weight excluding hydrogens is 488 g/mol. The van der Waals surface area contributed by atoms with Crippen LogP contribution in [0.25, 0.3) is 11.2 Å². The van der Waals surface area contributed by atoms with Gasteiger partial charge in [0, 0.05) is 44.5 Å². The van der Waals surface area contributed by atoms with E-state index in [4.69, 9.17) is 19.9 Å². The summed E-state index contributed by atoms with van der Waals surface area (Å²) in [5, 5.41) is 0. The number of imidazole rings is 1. The lowest BCUT2D eigenvalue weighted by Gasteiger charge is -2.43. The minimum atomic E-state index is -0.868. The summed E-state index contributed by atoms with van der Waals surface area (Å²) in [6, 6.07) is 0.244. The zero-order valence-electron chi connectivity index (χ0n) is 23.3. The average molecular weight is 531 g/mol. The zero-order valence-corrected chi connectivity index (χ0v) is 23.3. The van der Waals surface area contributed by atoms with Gasteiger partial charge in [0.05, 0.1) is 5.92 Å².